The summed E-state index contributed by atoms with van der Waals surface area (Å²) in [4.78, 5) is 23.9. The summed E-state index contributed by atoms with van der Waals surface area (Å²) >= 11 is 0. The van der Waals surface area contributed by atoms with E-state index >= 15 is 0 Å². The summed E-state index contributed by atoms with van der Waals surface area (Å²) < 4.78 is 1.32. The van der Waals surface area contributed by atoms with Gasteiger partial charge in [0.2, 0.25) is 5.91 Å². The van der Waals surface area contributed by atoms with Crippen molar-refractivity contribution < 1.29 is 4.79 Å². The van der Waals surface area contributed by atoms with Crippen LogP contribution in [0.5, 0.6) is 0 Å². The predicted molar refractivity (Wildman–Crippen MR) is 85.5 cm³/mol. The fourth-order valence-electron chi connectivity index (χ4n) is 2.15. The van der Waals surface area contributed by atoms with Gasteiger partial charge in [0.05, 0.1) is 5.39 Å². The second-order valence-corrected chi connectivity index (χ2v) is 5.77. The van der Waals surface area contributed by atoms with Crippen molar-refractivity contribution in [1.29, 1.82) is 0 Å². The number of carbonyl (C=O) groups is 1. The lowest BCUT2D eigenvalue weighted by Gasteiger charge is -2.07. The van der Waals surface area contributed by atoms with E-state index in [2.05, 4.69) is 29.5 Å². The number of aromatic nitrogens is 3. The summed E-state index contributed by atoms with van der Waals surface area (Å²) in [7, 11) is 0. The summed E-state index contributed by atoms with van der Waals surface area (Å²) in [6, 6.07) is 7.12. The number of nitrogens with one attached hydrogen (secondary N) is 1. The number of amides is 1. The fraction of sp³-hybridized carbons (Fsp3) is 0.500. The highest BCUT2D eigenvalue weighted by atomic mass is 16.1. The van der Waals surface area contributed by atoms with Gasteiger partial charge in [-0.1, -0.05) is 31.2 Å². The van der Waals surface area contributed by atoms with Gasteiger partial charge in [0, 0.05) is 19.5 Å². The summed E-state index contributed by atoms with van der Waals surface area (Å²) in [5, 5.41) is 11.4. The molecule has 22 heavy (non-hydrogen) atoms. The number of benzene rings is 1. The van der Waals surface area contributed by atoms with Crippen LogP contribution in [0.4, 0.5) is 0 Å². The van der Waals surface area contributed by atoms with Crippen molar-refractivity contribution in [3.63, 3.8) is 0 Å². The third-order valence-corrected chi connectivity index (χ3v) is 3.45. The Balaban J connectivity index is 1.86. The number of aryl methyl sites for hydroxylation is 1. The van der Waals surface area contributed by atoms with Crippen LogP contribution in [0.3, 0.4) is 0 Å². The van der Waals surface area contributed by atoms with Crippen molar-refractivity contribution in [3.05, 3.63) is 34.6 Å². The molecule has 0 aliphatic rings. The maximum atomic E-state index is 12.2. The van der Waals surface area contributed by atoms with Gasteiger partial charge in [-0.25, -0.2) is 4.68 Å². The number of rotatable bonds is 7. The van der Waals surface area contributed by atoms with Gasteiger partial charge in [-0.3, -0.25) is 9.59 Å². The molecule has 1 aromatic carbocycles. The molecule has 0 spiro atoms. The standard InChI is InChI=1S/C16H22N4O2/c1-12(2)9-10-17-15(21)8-5-11-20-16(22)13-6-3-4-7-14(13)18-19-20/h3-4,6-7,12H,5,8-11H2,1-2H3,(H,17,21). The molecular formula is C16H22N4O2. The molecule has 1 amide bonds. The van der Waals surface area contributed by atoms with E-state index in [1.165, 1.54) is 4.68 Å². The average Bonchev–Trinajstić information content (AvgIpc) is 2.49. The minimum atomic E-state index is -0.161. The van der Waals surface area contributed by atoms with Gasteiger partial charge in [-0.2, -0.15) is 0 Å². The van der Waals surface area contributed by atoms with E-state index in [4.69, 9.17) is 0 Å². The summed E-state index contributed by atoms with van der Waals surface area (Å²) in [6.07, 6.45) is 1.93. The van der Waals surface area contributed by atoms with Crippen LogP contribution in [0.1, 0.15) is 33.1 Å². The molecule has 1 heterocycles. The van der Waals surface area contributed by atoms with Crippen molar-refractivity contribution in [2.24, 2.45) is 5.92 Å². The van der Waals surface area contributed by atoms with Crippen LogP contribution in [0.15, 0.2) is 29.1 Å². The molecule has 0 unspecified atom stereocenters. The molecule has 0 aliphatic carbocycles. The van der Waals surface area contributed by atoms with E-state index in [-0.39, 0.29) is 11.5 Å². The summed E-state index contributed by atoms with van der Waals surface area (Å²) in [5.74, 6) is 0.592. The van der Waals surface area contributed by atoms with E-state index in [1.54, 1.807) is 18.2 Å². The predicted octanol–water partition coefficient (Wildman–Crippen LogP) is 1.73. The first kappa shape index (κ1) is 16.1. The zero-order chi connectivity index (χ0) is 15.9. The Hall–Kier alpha value is -2.24. The van der Waals surface area contributed by atoms with Crippen molar-refractivity contribution >= 4 is 16.8 Å². The van der Waals surface area contributed by atoms with Crippen LogP contribution < -0.4 is 10.9 Å². The normalized spacial score (nSPS) is 11.0. The number of hydrogen-bond acceptors (Lipinski definition) is 4. The first-order valence-electron chi connectivity index (χ1n) is 7.67. The number of hydrogen-bond donors (Lipinski definition) is 1. The van der Waals surface area contributed by atoms with Gasteiger partial charge in [0.1, 0.15) is 5.52 Å². The number of nitrogens with zero attached hydrogens (tertiary/aromatic N) is 3. The van der Waals surface area contributed by atoms with Gasteiger partial charge >= 0.3 is 0 Å². The maximum Gasteiger partial charge on any atom is 0.277 e. The quantitative estimate of drug-likeness (QED) is 0.845. The minimum absolute atomic E-state index is 0.0162. The van der Waals surface area contributed by atoms with Gasteiger partial charge < -0.3 is 5.32 Å². The largest absolute Gasteiger partial charge is 0.356 e. The Morgan fingerprint density at radius 2 is 2.09 bits per heavy atom. The monoisotopic (exact) mass is 302 g/mol. The van der Waals surface area contributed by atoms with Crippen molar-refractivity contribution in [2.75, 3.05) is 6.54 Å². The second-order valence-electron chi connectivity index (χ2n) is 5.77. The molecule has 118 valence electrons. The van der Waals surface area contributed by atoms with E-state index < -0.39 is 0 Å². The highest BCUT2D eigenvalue weighted by Gasteiger charge is 2.06. The van der Waals surface area contributed by atoms with Crippen molar-refractivity contribution in [1.82, 2.24) is 20.3 Å². The van der Waals surface area contributed by atoms with Gasteiger partial charge in [-0.05, 0) is 30.9 Å². The molecule has 2 rings (SSSR count). The molecule has 6 heteroatoms. The van der Waals surface area contributed by atoms with E-state index in [1.807, 2.05) is 6.07 Å². The number of carbonyl (C=O) groups excluding carboxylic acids is 1. The molecule has 0 radical (unpaired) electrons. The molecule has 1 aromatic heterocycles. The molecule has 0 bridgehead atoms. The zero-order valence-electron chi connectivity index (χ0n) is 13.1. The molecule has 0 saturated carbocycles. The molecule has 0 atom stereocenters. The molecule has 0 aliphatic heterocycles. The molecule has 2 aromatic rings. The lowest BCUT2D eigenvalue weighted by molar-refractivity contribution is -0.121. The average molecular weight is 302 g/mol. The third kappa shape index (κ3) is 4.38. The summed E-state index contributed by atoms with van der Waals surface area (Å²) in [5.41, 5.74) is 0.431. The van der Waals surface area contributed by atoms with Crippen molar-refractivity contribution in [2.45, 2.75) is 39.7 Å². The number of fused-ring (bicyclic) bond motifs is 1. The lowest BCUT2D eigenvalue weighted by Crippen LogP contribution is -2.27. The van der Waals surface area contributed by atoms with Crippen LogP contribution in [-0.2, 0) is 11.3 Å². The minimum Gasteiger partial charge on any atom is -0.356 e. The Morgan fingerprint density at radius 3 is 2.86 bits per heavy atom. The SMILES string of the molecule is CC(C)CCNC(=O)CCCn1nnc2ccccc2c1=O. The van der Waals surface area contributed by atoms with Crippen LogP contribution in [0.2, 0.25) is 0 Å². The Morgan fingerprint density at radius 1 is 1.32 bits per heavy atom. The van der Waals surface area contributed by atoms with Crippen molar-refractivity contribution in [3.8, 4) is 0 Å². The van der Waals surface area contributed by atoms with Crippen LogP contribution in [0.25, 0.3) is 10.9 Å². The fourth-order valence-corrected chi connectivity index (χ4v) is 2.15. The highest BCUT2D eigenvalue weighted by Crippen LogP contribution is 2.04. The van der Waals surface area contributed by atoms with E-state index in [9.17, 15) is 9.59 Å². The zero-order valence-corrected chi connectivity index (χ0v) is 13.1. The lowest BCUT2D eigenvalue weighted by atomic mass is 10.1. The first-order chi connectivity index (χ1) is 10.6. The third-order valence-electron chi connectivity index (χ3n) is 3.45. The van der Waals surface area contributed by atoms with E-state index in [0.717, 1.165) is 6.42 Å². The molecular weight excluding hydrogens is 280 g/mol. The first-order valence-corrected chi connectivity index (χ1v) is 7.67. The Bertz CT molecular complexity index is 694. The Labute approximate surface area is 129 Å². The van der Waals surface area contributed by atoms with Gasteiger partial charge in [0.25, 0.3) is 5.56 Å². The van der Waals surface area contributed by atoms with Gasteiger partial charge in [-0.15, -0.1) is 5.10 Å². The van der Waals surface area contributed by atoms with Crippen LogP contribution in [-0.4, -0.2) is 27.4 Å². The van der Waals surface area contributed by atoms with E-state index in [0.29, 0.717) is 42.8 Å². The highest BCUT2D eigenvalue weighted by molar-refractivity contribution is 5.76. The molecule has 1 N–H and O–H groups in total. The Kier molecular flexibility index (Phi) is 5.63. The maximum absolute atomic E-state index is 12.2. The molecule has 6 nitrogen and oxygen atoms in total. The summed E-state index contributed by atoms with van der Waals surface area (Å²) in [6.45, 7) is 5.34. The van der Waals surface area contributed by atoms with Crippen LogP contribution >= 0.6 is 0 Å². The molecule has 0 saturated heterocycles. The van der Waals surface area contributed by atoms with Crippen LogP contribution in [0, 0.1) is 5.92 Å². The second kappa shape index (κ2) is 7.68. The topological polar surface area (TPSA) is 76.9 Å². The smallest absolute Gasteiger partial charge is 0.277 e. The molecule has 0 fully saturated rings. The van der Waals surface area contributed by atoms with Gasteiger partial charge in [0.15, 0.2) is 0 Å².